The van der Waals surface area contributed by atoms with E-state index in [1.165, 1.54) is 24.0 Å². The minimum Gasteiger partial charge on any atom is -0.493 e. The first kappa shape index (κ1) is 16.2. The Morgan fingerprint density at radius 3 is 2.35 bits per heavy atom. The molecule has 0 aromatic heterocycles. The highest BCUT2D eigenvalue weighted by molar-refractivity contribution is 5.79. The van der Waals surface area contributed by atoms with Crippen molar-refractivity contribution in [3.63, 3.8) is 0 Å². The van der Waals surface area contributed by atoms with E-state index < -0.39 is 0 Å². The first-order valence-corrected chi connectivity index (χ1v) is 8.50. The van der Waals surface area contributed by atoms with Crippen LogP contribution in [0, 0.1) is 5.92 Å². The number of rotatable bonds is 3. The molecule has 0 saturated heterocycles. The molecule has 0 spiro atoms. The number of fused-ring (bicyclic) bond motifs is 1. The molecule has 1 amide bonds. The predicted molar refractivity (Wildman–Crippen MR) is 89.9 cm³/mol. The highest BCUT2D eigenvalue weighted by Gasteiger charge is 2.37. The van der Waals surface area contributed by atoms with E-state index in [1.54, 1.807) is 14.2 Å². The SMILES string of the molecule is COc1cc2c(cc1OC)C(C)(C)CN(C(=O)C1CCCC1)C2. The average Bonchev–Trinajstić information content (AvgIpc) is 3.06. The van der Waals surface area contributed by atoms with Crippen molar-refractivity contribution in [3.8, 4) is 11.5 Å². The van der Waals surface area contributed by atoms with E-state index in [1.807, 2.05) is 11.0 Å². The van der Waals surface area contributed by atoms with Crippen LogP contribution in [0.25, 0.3) is 0 Å². The maximum atomic E-state index is 12.8. The third-order valence-corrected chi connectivity index (χ3v) is 5.30. The molecule has 0 atom stereocenters. The number of methoxy groups -OCH3 is 2. The molecular weight excluding hydrogens is 290 g/mol. The maximum Gasteiger partial charge on any atom is 0.226 e. The minimum atomic E-state index is -0.0819. The van der Waals surface area contributed by atoms with Crippen LogP contribution in [0.15, 0.2) is 12.1 Å². The van der Waals surface area contributed by atoms with Gasteiger partial charge >= 0.3 is 0 Å². The highest BCUT2D eigenvalue weighted by atomic mass is 16.5. The van der Waals surface area contributed by atoms with E-state index in [9.17, 15) is 4.79 Å². The molecule has 1 aromatic carbocycles. The van der Waals surface area contributed by atoms with Gasteiger partial charge < -0.3 is 14.4 Å². The summed E-state index contributed by atoms with van der Waals surface area (Å²) in [6.07, 6.45) is 4.48. The van der Waals surface area contributed by atoms with Gasteiger partial charge in [-0.3, -0.25) is 4.79 Å². The molecule has 126 valence electrons. The molecule has 1 saturated carbocycles. The molecule has 1 aliphatic carbocycles. The molecule has 0 N–H and O–H groups in total. The number of carbonyl (C=O) groups is 1. The Bertz CT molecular complexity index is 603. The van der Waals surface area contributed by atoms with Gasteiger partial charge in [-0.15, -0.1) is 0 Å². The molecular formula is C19H27NO3. The normalized spacial score (nSPS) is 20.3. The van der Waals surface area contributed by atoms with Crippen molar-refractivity contribution >= 4 is 5.91 Å². The largest absolute Gasteiger partial charge is 0.493 e. The van der Waals surface area contributed by atoms with Gasteiger partial charge in [0.05, 0.1) is 14.2 Å². The zero-order chi connectivity index (χ0) is 16.6. The molecule has 0 bridgehead atoms. The van der Waals surface area contributed by atoms with Crippen molar-refractivity contribution in [2.24, 2.45) is 5.92 Å². The Morgan fingerprint density at radius 1 is 1.13 bits per heavy atom. The lowest BCUT2D eigenvalue weighted by Gasteiger charge is -2.41. The van der Waals surface area contributed by atoms with Crippen molar-refractivity contribution in [2.45, 2.75) is 51.5 Å². The number of ether oxygens (including phenoxy) is 2. The molecule has 1 aromatic rings. The first-order valence-electron chi connectivity index (χ1n) is 8.50. The predicted octanol–water partition coefficient (Wildman–Crippen LogP) is 3.51. The summed E-state index contributed by atoms with van der Waals surface area (Å²) in [5.41, 5.74) is 2.34. The Kier molecular flexibility index (Phi) is 4.26. The summed E-state index contributed by atoms with van der Waals surface area (Å²) in [4.78, 5) is 14.9. The highest BCUT2D eigenvalue weighted by Crippen LogP contribution is 2.41. The maximum absolute atomic E-state index is 12.8. The van der Waals surface area contributed by atoms with Gasteiger partial charge in [0.1, 0.15) is 0 Å². The molecule has 1 fully saturated rings. The van der Waals surface area contributed by atoms with Crippen molar-refractivity contribution in [1.82, 2.24) is 4.90 Å². The summed E-state index contributed by atoms with van der Waals surface area (Å²) in [6.45, 7) is 5.84. The molecule has 2 aliphatic rings. The van der Waals surface area contributed by atoms with Gasteiger partial charge in [-0.05, 0) is 36.1 Å². The Morgan fingerprint density at radius 2 is 1.74 bits per heavy atom. The summed E-state index contributed by atoms with van der Waals surface area (Å²) in [5, 5.41) is 0. The number of amides is 1. The number of hydrogen-bond acceptors (Lipinski definition) is 3. The fourth-order valence-electron chi connectivity index (χ4n) is 4.09. The van der Waals surface area contributed by atoms with E-state index in [2.05, 4.69) is 19.9 Å². The molecule has 3 rings (SSSR count). The van der Waals surface area contributed by atoms with Crippen LogP contribution in [-0.2, 0) is 16.8 Å². The lowest BCUT2D eigenvalue weighted by Crippen LogP contribution is -2.46. The number of nitrogens with zero attached hydrogens (tertiary/aromatic N) is 1. The average molecular weight is 317 g/mol. The third-order valence-electron chi connectivity index (χ3n) is 5.30. The van der Waals surface area contributed by atoms with Crippen LogP contribution in [0.3, 0.4) is 0 Å². The van der Waals surface area contributed by atoms with E-state index in [0.717, 1.165) is 30.9 Å². The van der Waals surface area contributed by atoms with E-state index in [0.29, 0.717) is 12.5 Å². The molecule has 4 nitrogen and oxygen atoms in total. The first-order chi connectivity index (χ1) is 11.0. The topological polar surface area (TPSA) is 38.8 Å². The van der Waals surface area contributed by atoms with Gasteiger partial charge in [-0.2, -0.15) is 0 Å². The third kappa shape index (κ3) is 2.91. The molecule has 23 heavy (non-hydrogen) atoms. The number of carbonyl (C=O) groups excluding carboxylic acids is 1. The number of hydrogen-bond donors (Lipinski definition) is 0. The minimum absolute atomic E-state index is 0.0819. The monoisotopic (exact) mass is 317 g/mol. The summed E-state index contributed by atoms with van der Waals surface area (Å²) < 4.78 is 10.9. The van der Waals surface area contributed by atoms with Crippen LogP contribution in [0.1, 0.15) is 50.7 Å². The summed E-state index contributed by atoms with van der Waals surface area (Å²) in [7, 11) is 3.32. The van der Waals surface area contributed by atoms with E-state index >= 15 is 0 Å². The second-order valence-corrected chi connectivity index (χ2v) is 7.42. The van der Waals surface area contributed by atoms with Gasteiger partial charge in [0.15, 0.2) is 11.5 Å². The standard InChI is InChI=1S/C19H27NO3/c1-19(2)12-20(18(21)13-7-5-6-8-13)11-14-9-16(22-3)17(23-4)10-15(14)19/h9-10,13H,5-8,11-12H2,1-4H3. The number of benzene rings is 1. The van der Waals surface area contributed by atoms with Gasteiger partial charge in [-0.25, -0.2) is 0 Å². The smallest absolute Gasteiger partial charge is 0.226 e. The Hall–Kier alpha value is -1.71. The van der Waals surface area contributed by atoms with Crippen LogP contribution in [0.2, 0.25) is 0 Å². The fraction of sp³-hybridized carbons (Fsp3) is 0.632. The lowest BCUT2D eigenvalue weighted by molar-refractivity contribution is -0.137. The van der Waals surface area contributed by atoms with Crippen LogP contribution in [0.4, 0.5) is 0 Å². The molecule has 1 heterocycles. The van der Waals surface area contributed by atoms with Gasteiger partial charge in [0, 0.05) is 24.4 Å². The summed E-state index contributed by atoms with van der Waals surface area (Å²) in [5.74, 6) is 2.05. The molecule has 4 heteroatoms. The zero-order valence-electron chi connectivity index (χ0n) is 14.6. The van der Waals surface area contributed by atoms with Crippen LogP contribution in [-0.4, -0.2) is 31.6 Å². The summed E-state index contributed by atoms with van der Waals surface area (Å²) in [6, 6.07) is 4.11. The van der Waals surface area contributed by atoms with E-state index in [4.69, 9.17) is 9.47 Å². The van der Waals surface area contributed by atoms with Gasteiger partial charge in [0.2, 0.25) is 5.91 Å². The summed E-state index contributed by atoms with van der Waals surface area (Å²) >= 11 is 0. The van der Waals surface area contributed by atoms with Crippen molar-refractivity contribution in [2.75, 3.05) is 20.8 Å². The quantitative estimate of drug-likeness (QED) is 0.856. The van der Waals surface area contributed by atoms with E-state index in [-0.39, 0.29) is 11.3 Å². The van der Waals surface area contributed by atoms with Crippen LogP contribution < -0.4 is 9.47 Å². The van der Waals surface area contributed by atoms with Crippen molar-refractivity contribution < 1.29 is 14.3 Å². The van der Waals surface area contributed by atoms with Crippen LogP contribution >= 0.6 is 0 Å². The van der Waals surface area contributed by atoms with Crippen molar-refractivity contribution in [1.29, 1.82) is 0 Å². The second-order valence-electron chi connectivity index (χ2n) is 7.42. The molecule has 0 unspecified atom stereocenters. The van der Waals surface area contributed by atoms with Gasteiger partial charge in [-0.1, -0.05) is 26.7 Å². The van der Waals surface area contributed by atoms with Crippen LogP contribution in [0.5, 0.6) is 11.5 Å². The fourth-order valence-corrected chi connectivity index (χ4v) is 4.09. The molecule has 0 radical (unpaired) electrons. The lowest BCUT2D eigenvalue weighted by atomic mass is 9.77. The van der Waals surface area contributed by atoms with Gasteiger partial charge in [0.25, 0.3) is 0 Å². The molecule has 1 aliphatic heterocycles. The second kappa shape index (κ2) is 6.06. The Labute approximate surface area is 138 Å². The van der Waals surface area contributed by atoms with Crippen molar-refractivity contribution in [3.05, 3.63) is 23.3 Å². The Balaban J connectivity index is 1.93. The zero-order valence-corrected chi connectivity index (χ0v) is 14.6.